The third-order valence-electron chi connectivity index (χ3n) is 8.46. The van der Waals surface area contributed by atoms with Gasteiger partial charge in [0.25, 0.3) is 0 Å². The first-order valence-corrected chi connectivity index (χ1v) is 19.9. The number of nitrogen functional groups attached to an aromatic ring is 1. The van der Waals surface area contributed by atoms with Crippen LogP contribution in [0.25, 0.3) is 11.2 Å². The Morgan fingerprint density at radius 2 is 1.60 bits per heavy atom. The van der Waals surface area contributed by atoms with E-state index in [1.165, 1.54) is 89.7 Å². The van der Waals surface area contributed by atoms with Gasteiger partial charge in [-0.05, 0) is 56.2 Å². The summed E-state index contributed by atoms with van der Waals surface area (Å²) < 4.78 is 25.1. The van der Waals surface area contributed by atoms with Gasteiger partial charge in [0, 0.05) is 6.54 Å². The summed E-state index contributed by atoms with van der Waals surface area (Å²) >= 11 is 0. The molecule has 0 fully saturated rings. The molecule has 0 spiro atoms. The van der Waals surface area contributed by atoms with E-state index in [9.17, 15) is 19.4 Å². The highest BCUT2D eigenvalue weighted by molar-refractivity contribution is 7.53. The Morgan fingerprint density at radius 3 is 2.26 bits per heavy atom. The maximum absolute atomic E-state index is 12.7. The summed E-state index contributed by atoms with van der Waals surface area (Å²) in [5, 5.41) is 12.7. The van der Waals surface area contributed by atoms with Gasteiger partial charge in [0.2, 0.25) is 5.91 Å². The Labute approximate surface area is 296 Å². The second-order valence-electron chi connectivity index (χ2n) is 12.8. The van der Waals surface area contributed by atoms with Crippen molar-refractivity contribution in [2.45, 2.75) is 122 Å². The van der Waals surface area contributed by atoms with Crippen molar-refractivity contribution in [2.24, 2.45) is 5.73 Å². The highest BCUT2D eigenvalue weighted by Crippen LogP contribution is 2.43. The number of unbranched alkanes of at least 4 members (excludes halogenated alkanes) is 12. The van der Waals surface area contributed by atoms with Crippen LogP contribution in [-0.2, 0) is 27.1 Å². The van der Waals surface area contributed by atoms with E-state index in [-0.39, 0.29) is 24.0 Å². The quantitative estimate of drug-likeness (QED) is 0.0351. The zero-order chi connectivity index (χ0) is 36.0. The third kappa shape index (κ3) is 15.7. The van der Waals surface area contributed by atoms with Crippen molar-refractivity contribution in [1.29, 1.82) is 0 Å². The van der Waals surface area contributed by atoms with E-state index in [0.29, 0.717) is 24.1 Å². The molecule has 0 saturated carbocycles. The van der Waals surface area contributed by atoms with Crippen molar-refractivity contribution >= 4 is 30.5 Å². The Morgan fingerprint density at radius 1 is 0.960 bits per heavy atom. The fourth-order valence-corrected chi connectivity index (χ4v) is 6.46. The second-order valence-corrected chi connectivity index (χ2v) is 14.6. The Kier molecular flexibility index (Phi) is 19.0. The Balaban J connectivity index is 1.24. The zero-order valence-electron chi connectivity index (χ0n) is 29.6. The number of amides is 1. The van der Waals surface area contributed by atoms with Gasteiger partial charge in [-0.25, -0.2) is 19.5 Å². The molecule has 0 aliphatic heterocycles. The van der Waals surface area contributed by atoms with Gasteiger partial charge in [-0.15, -0.1) is 0 Å². The smallest absolute Gasteiger partial charge is 0.402 e. The minimum atomic E-state index is -4.22. The summed E-state index contributed by atoms with van der Waals surface area (Å²) in [5.41, 5.74) is 13.6. The number of allylic oxidation sites excluding steroid dienone is 2. The zero-order valence-corrected chi connectivity index (χ0v) is 30.5. The van der Waals surface area contributed by atoms with Crippen LogP contribution in [-0.4, -0.2) is 67.1 Å². The van der Waals surface area contributed by atoms with Crippen molar-refractivity contribution in [1.82, 2.24) is 24.8 Å². The number of hydrogen-bond donors (Lipinski definition) is 5. The van der Waals surface area contributed by atoms with Crippen LogP contribution in [0.1, 0.15) is 102 Å². The molecule has 278 valence electrons. The number of rotatable bonds is 27. The minimum Gasteiger partial charge on any atom is -0.423 e. The first-order chi connectivity index (χ1) is 24.2. The normalized spacial score (nSPS) is 14.2. The van der Waals surface area contributed by atoms with Gasteiger partial charge in [-0.2, -0.15) is 0 Å². The van der Waals surface area contributed by atoms with Crippen LogP contribution < -0.4 is 21.3 Å². The van der Waals surface area contributed by atoms with Gasteiger partial charge in [0.15, 0.2) is 17.8 Å². The number of aliphatic hydroxyl groups excluding tert-OH is 1. The number of nitrogens with one attached hydrogen (secondary N) is 1. The van der Waals surface area contributed by atoms with Crippen molar-refractivity contribution in [3.63, 3.8) is 0 Å². The molecule has 1 amide bonds. The molecule has 3 rings (SSSR count). The van der Waals surface area contributed by atoms with E-state index < -0.39 is 32.7 Å². The van der Waals surface area contributed by atoms with E-state index >= 15 is 0 Å². The topological polar surface area (TPSA) is 201 Å². The predicted molar refractivity (Wildman–Crippen MR) is 198 cm³/mol. The first kappa shape index (κ1) is 41.1. The highest BCUT2D eigenvalue weighted by atomic mass is 31.2. The van der Waals surface area contributed by atoms with Crippen molar-refractivity contribution in [2.75, 3.05) is 25.2 Å². The summed E-state index contributed by atoms with van der Waals surface area (Å²) in [7, 11) is -4.22. The number of benzene rings is 1. The maximum atomic E-state index is 12.7. The van der Waals surface area contributed by atoms with E-state index in [2.05, 4.69) is 39.3 Å². The Hall–Kier alpha value is -3.35. The molecule has 1 aromatic carbocycles. The molecule has 7 N–H and O–H groups in total. The van der Waals surface area contributed by atoms with Crippen LogP contribution in [0.2, 0.25) is 0 Å². The lowest BCUT2D eigenvalue weighted by molar-refractivity contribution is -0.122. The average Bonchev–Trinajstić information content (AvgIpc) is 3.52. The molecule has 3 atom stereocenters. The molecule has 0 aliphatic carbocycles. The van der Waals surface area contributed by atoms with E-state index in [1.807, 2.05) is 0 Å². The molecule has 1 unspecified atom stereocenters. The summed E-state index contributed by atoms with van der Waals surface area (Å²) in [4.78, 5) is 35.1. The number of aliphatic hydroxyl groups is 1. The van der Waals surface area contributed by atoms with E-state index in [1.54, 1.807) is 28.8 Å². The molecule has 14 heteroatoms. The van der Waals surface area contributed by atoms with Crippen molar-refractivity contribution in [3.8, 4) is 5.75 Å². The number of nitrogens with two attached hydrogens (primary N) is 2. The van der Waals surface area contributed by atoms with Crippen LogP contribution >= 0.6 is 7.60 Å². The lowest BCUT2D eigenvalue weighted by Crippen LogP contribution is -2.42. The van der Waals surface area contributed by atoms with Gasteiger partial charge in [0.05, 0.1) is 31.6 Å². The van der Waals surface area contributed by atoms with Crippen LogP contribution in [0, 0.1) is 0 Å². The van der Waals surface area contributed by atoms with Crippen molar-refractivity contribution < 1.29 is 28.6 Å². The molecule has 3 aromatic rings. The molecular weight excluding hydrogens is 657 g/mol. The molecule has 0 saturated heterocycles. The van der Waals surface area contributed by atoms with Gasteiger partial charge < -0.3 is 40.6 Å². The lowest BCUT2D eigenvalue weighted by atomic mass is 10.1. The van der Waals surface area contributed by atoms with Gasteiger partial charge in [-0.1, -0.05) is 89.0 Å². The molecule has 13 nitrogen and oxygen atoms in total. The predicted octanol–water partition coefficient (Wildman–Crippen LogP) is 6.03. The molecule has 0 bridgehead atoms. The molecule has 0 aliphatic rings. The largest absolute Gasteiger partial charge is 0.423 e. The fraction of sp³-hybridized carbons (Fsp3) is 0.611. The molecular formula is C36H58N7O6P. The number of aromatic nitrogens is 4. The highest BCUT2D eigenvalue weighted by Gasteiger charge is 2.25. The standard InChI is InChI=1S/C36H58N7O6P/c1-2-3-4-5-6-7-8-9-10-11-12-13-14-15-16-17-22-39-36(45)32(37)23-29-18-20-30(21-19-29)49-50(46,47)28-48-31(25-44)24-43-27-42-33-34(38)40-26-41-35(33)43/h9-10,18-21,26-27,31-32,44H,2-8,11-17,22-25,28,37H2,1H3,(H,39,45)(H,46,47)(H2,38,40,41)/b10-9+/t31-,32-/m0/s1. The number of imidazole rings is 1. The van der Waals surface area contributed by atoms with Gasteiger partial charge in [0.1, 0.15) is 17.6 Å². The number of carbonyl (C=O) groups is 1. The van der Waals surface area contributed by atoms with Gasteiger partial charge >= 0.3 is 7.60 Å². The van der Waals surface area contributed by atoms with Gasteiger partial charge in [-0.3, -0.25) is 4.79 Å². The Bertz CT molecular complexity index is 1470. The van der Waals surface area contributed by atoms with Crippen LogP contribution in [0.5, 0.6) is 5.75 Å². The second kappa shape index (κ2) is 23.2. The number of anilines is 1. The molecule has 50 heavy (non-hydrogen) atoms. The van der Waals surface area contributed by atoms with E-state index in [0.717, 1.165) is 18.4 Å². The maximum Gasteiger partial charge on any atom is 0.402 e. The number of ether oxygens (including phenoxy) is 1. The van der Waals surface area contributed by atoms with Crippen LogP contribution in [0.3, 0.4) is 0 Å². The van der Waals surface area contributed by atoms with Crippen LogP contribution in [0.15, 0.2) is 49.1 Å². The number of fused-ring (bicyclic) bond motifs is 1. The fourth-order valence-electron chi connectivity index (χ4n) is 5.55. The molecule has 2 heterocycles. The number of hydrogen-bond acceptors (Lipinski definition) is 10. The van der Waals surface area contributed by atoms with E-state index in [4.69, 9.17) is 20.7 Å². The first-order valence-electron chi connectivity index (χ1n) is 18.1. The lowest BCUT2D eigenvalue weighted by Gasteiger charge is -2.19. The summed E-state index contributed by atoms with van der Waals surface area (Å²) in [5.74, 6) is 0.182. The average molecular weight is 716 g/mol. The van der Waals surface area contributed by atoms with Crippen LogP contribution in [0.4, 0.5) is 5.82 Å². The summed E-state index contributed by atoms with van der Waals surface area (Å²) in [6.07, 6.45) is 23.7. The third-order valence-corrected chi connectivity index (χ3v) is 9.43. The monoisotopic (exact) mass is 715 g/mol. The summed E-state index contributed by atoms with van der Waals surface area (Å²) in [6, 6.07) is 5.77. The summed E-state index contributed by atoms with van der Waals surface area (Å²) in [6.45, 7) is 2.56. The molecule has 2 aromatic heterocycles. The minimum absolute atomic E-state index is 0.115. The molecule has 0 radical (unpaired) electrons. The SMILES string of the molecule is CCCCCCCC/C=C/CCCCCCCCNC(=O)[C@@H](N)Cc1ccc(OP(=O)(O)CO[C@H](CO)Cn2cnc3c(N)ncnc32)cc1. The number of carbonyl (C=O) groups excluding carboxylic acids is 1. The number of nitrogens with zero attached hydrogens (tertiary/aromatic N) is 4. The van der Waals surface area contributed by atoms with Crippen molar-refractivity contribution in [3.05, 3.63) is 54.6 Å².